The van der Waals surface area contributed by atoms with Gasteiger partial charge >= 0.3 is 6.03 Å². The molecule has 128 valence electrons. The lowest BCUT2D eigenvalue weighted by molar-refractivity contribution is 0.0564. The van der Waals surface area contributed by atoms with Crippen LogP contribution in [0.3, 0.4) is 0 Å². The van der Waals surface area contributed by atoms with E-state index < -0.39 is 0 Å². The molecule has 2 amide bonds. The smallest absolute Gasteiger partial charge is 0.317 e. The molecule has 0 radical (unpaired) electrons. The van der Waals surface area contributed by atoms with Crippen LogP contribution in [0.2, 0.25) is 0 Å². The maximum absolute atomic E-state index is 12.1. The molecule has 5 nitrogen and oxygen atoms in total. The van der Waals surface area contributed by atoms with Gasteiger partial charge < -0.3 is 20.1 Å². The Morgan fingerprint density at radius 2 is 2.00 bits per heavy atom. The highest BCUT2D eigenvalue weighted by Gasteiger charge is 2.25. The Kier molecular flexibility index (Phi) is 6.71. The lowest BCUT2D eigenvalue weighted by atomic mass is 9.86. The van der Waals surface area contributed by atoms with Gasteiger partial charge in [-0.3, -0.25) is 0 Å². The molecule has 0 heterocycles. The SMILES string of the molecule is Cc1ccc(OCCNC(=O)N(C)CC2CCCCC2O)cc1. The van der Waals surface area contributed by atoms with Gasteiger partial charge in [0.2, 0.25) is 0 Å². The van der Waals surface area contributed by atoms with E-state index in [2.05, 4.69) is 5.32 Å². The number of hydrogen-bond acceptors (Lipinski definition) is 3. The Bertz CT molecular complexity index is 490. The molecule has 1 aliphatic rings. The van der Waals surface area contributed by atoms with E-state index in [4.69, 9.17) is 4.74 Å². The first kappa shape index (κ1) is 17.6. The highest BCUT2D eigenvalue weighted by Crippen LogP contribution is 2.24. The Hall–Kier alpha value is -1.75. The number of nitrogens with zero attached hydrogens (tertiary/aromatic N) is 1. The predicted octanol–water partition coefficient (Wildman–Crippen LogP) is 2.57. The van der Waals surface area contributed by atoms with Crippen molar-refractivity contribution < 1.29 is 14.6 Å². The number of aliphatic hydroxyl groups is 1. The Morgan fingerprint density at radius 1 is 1.30 bits per heavy atom. The van der Waals surface area contributed by atoms with Crippen molar-refractivity contribution in [3.63, 3.8) is 0 Å². The van der Waals surface area contributed by atoms with E-state index in [9.17, 15) is 9.90 Å². The first-order valence-electron chi connectivity index (χ1n) is 8.43. The van der Waals surface area contributed by atoms with Crippen molar-refractivity contribution in [2.45, 2.75) is 38.7 Å². The normalized spacial score (nSPS) is 20.8. The summed E-state index contributed by atoms with van der Waals surface area (Å²) in [5.41, 5.74) is 1.19. The van der Waals surface area contributed by atoms with Gasteiger partial charge in [0.15, 0.2) is 0 Å². The first-order chi connectivity index (χ1) is 11.1. The maximum Gasteiger partial charge on any atom is 0.317 e. The number of aryl methyl sites for hydroxylation is 1. The van der Waals surface area contributed by atoms with Gasteiger partial charge in [0.1, 0.15) is 12.4 Å². The van der Waals surface area contributed by atoms with E-state index >= 15 is 0 Å². The fourth-order valence-corrected chi connectivity index (χ4v) is 2.93. The minimum Gasteiger partial charge on any atom is -0.492 e. The van der Waals surface area contributed by atoms with Gasteiger partial charge in [-0.25, -0.2) is 4.79 Å². The molecule has 2 atom stereocenters. The molecule has 1 fully saturated rings. The maximum atomic E-state index is 12.1. The minimum atomic E-state index is -0.274. The molecule has 0 aliphatic heterocycles. The third-order valence-electron chi connectivity index (χ3n) is 4.39. The number of ether oxygens (including phenoxy) is 1. The third-order valence-corrected chi connectivity index (χ3v) is 4.39. The summed E-state index contributed by atoms with van der Waals surface area (Å²) in [5.74, 6) is 1.01. The van der Waals surface area contributed by atoms with Gasteiger partial charge in [-0.15, -0.1) is 0 Å². The summed E-state index contributed by atoms with van der Waals surface area (Å²) in [6.45, 7) is 3.54. The number of urea groups is 1. The van der Waals surface area contributed by atoms with E-state index in [0.717, 1.165) is 31.4 Å². The molecular weight excluding hydrogens is 292 g/mol. The van der Waals surface area contributed by atoms with Crippen molar-refractivity contribution in [2.24, 2.45) is 5.92 Å². The van der Waals surface area contributed by atoms with Crippen LogP contribution in [0.25, 0.3) is 0 Å². The average Bonchev–Trinajstić information content (AvgIpc) is 2.55. The average molecular weight is 320 g/mol. The molecule has 1 aromatic rings. The van der Waals surface area contributed by atoms with Crippen LogP contribution in [0.5, 0.6) is 5.75 Å². The Morgan fingerprint density at radius 3 is 2.70 bits per heavy atom. The van der Waals surface area contributed by atoms with Crippen molar-refractivity contribution in [3.8, 4) is 5.75 Å². The molecule has 1 saturated carbocycles. The highest BCUT2D eigenvalue weighted by molar-refractivity contribution is 5.73. The lowest BCUT2D eigenvalue weighted by Gasteiger charge is -2.31. The number of aliphatic hydroxyl groups excluding tert-OH is 1. The van der Waals surface area contributed by atoms with E-state index in [-0.39, 0.29) is 18.1 Å². The number of hydrogen-bond donors (Lipinski definition) is 2. The molecule has 5 heteroatoms. The fraction of sp³-hybridized carbons (Fsp3) is 0.611. The van der Waals surface area contributed by atoms with Crippen molar-refractivity contribution in [1.82, 2.24) is 10.2 Å². The number of benzene rings is 1. The largest absolute Gasteiger partial charge is 0.492 e. The van der Waals surface area contributed by atoms with Crippen LogP contribution in [0, 0.1) is 12.8 Å². The zero-order valence-corrected chi connectivity index (χ0v) is 14.1. The third kappa shape index (κ3) is 5.75. The van der Waals surface area contributed by atoms with Crippen LogP contribution in [0.15, 0.2) is 24.3 Å². The van der Waals surface area contributed by atoms with Gasteiger partial charge in [-0.2, -0.15) is 0 Å². The van der Waals surface area contributed by atoms with E-state index in [1.54, 1.807) is 11.9 Å². The molecule has 1 aliphatic carbocycles. The Balaban J connectivity index is 1.64. The topological polar surface area (TPSA) is 61.8 Å². The minimum absolute atomic E-state index is 0.115. The molecule has 23 heavy (non-hydrogen) atoms. The van der Waals surface area contributed by atoms with Crippen LogP contribution in [-0.4, -0.2) is 48.9 Å². The Labute approximate surface area is 138 Å². The van der Waals surface area contributed by atoms with Gasteiger partial charge in [-0.1, -0.05) is 30.5 Å². The zero-order valence-electron chi connectivity index (χ0n) is 14.1. The summed E-state index contributed by atoms with van der Waals surface area (Å²) in [4.78, 5) is 13.7. The molecule has 0 aromatic heterocycles. The van der Waals surface area contributed by atoms with Crippen LogP contribution >= 0.6 is 0 Å². The molecule has 2 rings (SSSR count). The van der Waals surface area contributed by atoms with E-state index in [1.807, 2.05) is 31.2 Å². The second-order valence-corrected chi connectivity index (χ2v) is 6.39. The van der Waals surface area contributed by atoms with Gasteiger partial charge in [0, 0.05) is 19.5 Å². The molecule has 2 unspecified atom stereocenters. The van der Waals surface area contributed by atoms with Crippen molar-refractivity contribution in [3.05, 3.63) is 29.8 Å². The van der Waals surface area contributed by atoms with E-state index in [0.29, 0.717) is 19.7 Å². The number of amides is 2. The van der Waals surface area contributed by atoms with Crippen LogP contribution in [0.4, 0.5) is 4.79 Å². The standard InChI is InChI=1S/C18H28N2O3/c1-14-7-9-16(10-8-14)23-12-11-19-18(22)20(2)13-15-5-3-4-6-17(15)21/h7-10,15,17,21H,3-6,11-13H2,1-2H3,(H,19,22). The summed E-state index contributed by atoms with van der Waals surface area (Å²) in [7, 11) is 1.78. The first-order valence-corrected chi connectivity index (χ1v) is 8.43. The van der Waals surface area contributed by atoms with E-state index in [1.165, 1.54) is 5.56 Å². The zero-order chi connectivity index (χ0) is 16.7. The number of carbonyl (C=O) groups is 1. The van der Waals surface area contributed by atoms with Crippen LogP contribution < -0.4 is 10.1 Å². The number of carbonyl (C=O) groups excluding carboxylic acids is 1. The monoisotopic (exact) mass is 320 g/mol. The fourth-order valence-electron chi connectivity index (χ4n) is 2.93. The summed E-state index contributed by atoms with van der Waals surface area (Å²) < 4.78 is 5.58. The van der Waals surface area contributed by atoms with Crippen LogP contribution in [0.1, 0.15) is 31.2 Å². The molecule has 0 spiro atoms. The summed E-state index contributed by atoms with van der Waals surface area (Å²) in [6.07, 6.45) is 3.80. The molecule has 1 aromatic carbocycles. The van der Waals surface area contributed by atoms with Gasteiger partial charge in [0.05, 0.1) is 12.6 Å². The van der Waals surface area contributed by atoms with Crippen molar-refractivity contribution in [2.75, 3.05) is 26.7 Å². The molecule has 2 N–H and O–H groups in total. The lowest BCUT2D eigenvalue weighted by Crippen LogP contribution is -2.43. The molecule has 0 bridgehead atoms. The second kappa shape index (κ2) is 8.77. The summed E-state index contributed by atoms with van der Waals surface area (Å²) in [6, 6.07) is 7.73. The summed E-state index contributed by atoms with van der Waals surface area (Å²) >= 11 is 0. The van der Waals surface area contributed by atoms with Crippen molar-refractivity contribution in [1.29, 1.82) is 0 Å². The molecular formula is C18H28N2O3. The van der Waals surface area contributed by atoms with Crippen LogP contribution in [-0.2, 0) is 0 Å². The highest BCUT2D eigenvalue weighted by atomic mass is 16.5. The number of nitrogens with one attached hydrogen (secondary N) is 1. The van der Waals surface area contributed by atoms with Gasteiger partial charge in [0.25, 0.3) is 0 Å². The predicted molar refractivity (Wildman–Crippen MR) is 90.7 cm³/mol. The van der Waals surface area contributed by atoms with Crippen molar-refractivity contribution >= 4 is 6.03 Å². The summed E-state index contributed by atoms with van der Waals surface area (Å²) in [5, 5.41) is 12.8. The second-order valence-electron chi connectivity index (χ2n) is 6.39. The quantitative estimate of drug-likeness (QED) is 0.792. The molecule has 0 saturated heterocycles. The number of rotatable bonds is 6. The van der Waals surface area contributed by atoms with Gasteiger partial charge in [-0.05, 0) is 31.9 Å².